The molecule has 2 rings (SSSR count). The third-order valence-corrected chi connectivity index (χ3v) is 1.99. The topological polar surface area (TPSA) is 104 Å². The van der Waals surface area contributed by atoms with E-state index >= 15 is 0 Å². The number of rotatable bonds is 3. The van der Waals surface area contributed by atoms with Gasteiger partial charge in [0.2, 0.25) is 11.8 Å². The van der Waals surface area contributed by atoms with Crippen molar-refractivity contribution < 1.29 is 14.1 Å². The molecule has 0 atom stereocenters. The molecule has 8 heteroatoms. The summed E-state index contributed by atoms with van der Waals surface area (Å²) in [6, 6.07) is 4.42. The number of ether oxygens (including phenoxy) is 1. The molecule has 0 saturated heterocycles. The summed E-state index contributed by atoms with van der Waals surface area (Å²) in [6.07, 6.45) is 1.35. The predicted molar refractivity (Wildman–Crippen MR) is 59.6 cm³/mol. The number of hydrogen-bond donors (Lipinski definition) is 1. The quantitative estimate of drug-likeness (QED) is 0.658. The number of non-ortho nitro benzene ring substituents is 1. The molecule has 1 aromatic carbocycles. The number of anilines is 1. The van der Waals surface area contributed by atoms with E-state index in [2.05, 4.69) is 9.97 Å². The van der Waals surface area contributed by atoms with Gasteiger partial charge < -0.3 is 10.5 Å². The van der Waals surface area contributed by atoms with Gasteiger partial charge in [0.15, 0.2) is 11.6 Å². The van der Waals surface area contributed by atoms with Gasteiger partial charge in [-0.3, -0.25) is 10.1 Å². The minimum Gasteiger partial charge on any atom is -0.436 e. The van der Waals surface area contributed by atoms with Crippen molar-refractivity contribution in [1.82, 2.24) is 9.97 Å². The Hall–Kier alpha value is -2.77. The minimum atomic E-state index is -0.860. The zero-order chi connectivity index (χ0) is 13.1. The monoisotopic (exact) mass is 250 g/mol. The van der Waals surface area contributed by atoms with E-state index in [1.54, 1.807) is 0 Å². The van der Waals surface area contributed by atoms with E-state index in [4.69, 9.17) is 10.5 Å². The summed E-state index contributed by atoms with van der Waals surface area (Å²) >= 11 is 0. The Bertz CT molecular complexity index is 605. The zero-order valence-electron chi connectivity index (χ0n) is 8.91. The fraction of sp³-hybridized carbons (Fsp3) is 0. The molecule has 2 aromatic rings. The molecule has 0 aliphatic carbocycles. The van der Waals surface area contributed by atoms with Crippen molar-refractivity contribution in [3.63, 3.8) is 0 Å². The first-order valence-corrected chi connectivity index (χ1v) is 4.76. The Morgan fingerprint density at radius 3 is 2.78 bits per heavy atom. The fourth-order valence-corrected chi connectivity index (χ4v) is 1.21. The predicted octanol–water partition coefficient (Wildman–Crippen LogP) is 1.90. The van der Waals surface area contributed by atoms with Gasteiger partial charge in [0.25, 0.3) is 5.69 Å². The number of hydrogen-bond acceptors (Lipinski definition) is 6. The summed E-state index contributed by atoms with van der Waals surface area (Å²) in [5.74, 6) is -1.01. The number of nitro groups is 1. The molecule has 92 valence electrons. The first kappa shape index (κ1) is 11.7. The number of aromatic nitrogens is 2. The molecule has 0 aliphatic heterocycles. The van der Waals surface area contributed by atoms with Gasteiger partial charge in [-0.1, -0.05) is 0 Å². The molecule has 0 fully saturated rings. The molecule has 0 saturated carbocycles. The largest absolute Gasteiger partial charge is 0.436 e. The lowest BCUT2D eigenvalue weighted by Crippen LogP contribution is -1.97. The molecule has 0 radical (unpaired) electrons. The summed E-state index contributed by atoms with van der Waals surface area (Å²) in [5.41, 5.74) is 4.97. The van der Waals surface area contributed by atoms with Crippen LogP contribution in [0.15, 0.2) is 30.5 Å². The number of nitrogen functional groups attached to an aromatic ring is 1. The van der Waals surface area contributed by atoms with Gasteiger partial charge in [-0.25, -0.2) is 9.37 Å². The average Bonchev–Trinajstić information content (AvgIpc) is 2.31. The van der Waals surface area contributed by atoms with E-state index < -0.39 is 10.7 Å². The van der Waals surface area contributed by atoms with E-state index in [-0.39, 0.29) is 23.3 Å². The van der Waals surface area contributed by atoms with E-state index in [1.807, 2.05) is 0 Å². The SMILES string of the molecule is Nc1nccc(Oc2ccc([N+](=O)[O-])cc2F)n1. The van der Waals surface area contributed by atoms with Crippen molar-refractivity contribution >= 4 is 11.6 Å². The third kappa shape index (κ3) is 2.48. The second kappa shape index (κ2) is 4.62. The van der Waals surface area contributed by atoms with Gasteiger partial charge in [-0.05, 0) is 6.07 Å². The van der Waals surface area contributed by atoms with Crippen molar-refractivity contribution in [2.45, 2.75) is 0 Å². The van der Waals surface area contributed by atoms with Gasteiger partial charge in [0.1, 0.15) is 0 Å². The average molecular weight is 250 g/mol. The van der Waals surface area contributed by atoms with Crippen molar-refractivity contribution in [2.24, 2.45) is 0 Å². The first-order chi connectivity index (χ1) is 8.56. The van der Waals surface area contributed by atoms with Crippen LogP contribution in [0.1, 0.15) is 0 Å². The van der Waals surface area contributed by atoms with Crippen LogP contribution in [0.5, 0.6) is 11.6 Å². The molecule has 0 unspecified atom stereocenters. The van der Waals surface area contributed by atoms with E-state index in [0.717, 1.165) is 18.2 Å². The van der Waals surface area contributed by atoms with Gasteiger partial charge in [0, 0.05) is 18.3 Å². The second-order valence-electron chi connectivity index (χ2n) is 3.23. The Morgan fingerprint density at radius 1 is 1.39 bits per heavy atom. The van der Waals surface area contributed by atoms with Crippen LogP contribution in [0.25, 0.3) is 0 Å². The Morgan fingerprint density at radius 2 is 2.17 bits per heavy atom. The summed E-state index contributed by atoms with van der Waals surface area (Å²) in [4.78, 5) is 17.1. The zero-order valence-corrected chi connectivity index (χ0v) is 8.91. The minimum absolute atomic E-state index is 0.0187. The highest BCUT2D eigenvalue weighted by Crippen LogP contribution is 2.26. The summed E-state index contributed by atoms with van der Waals surface area (Å²) < 4.78 is 18.6. The molecule has 1 heterocycles. The third-order valence-electron chi connectivity index (χ3n) is 1.99. The van der Waals surface area contributed by atoms with Crippen LogP contribution < -0.4 is 10.5 Å². The summed E-state index contributed by atoms with van der Waals surface area (Å²) in [7, 11) is 0. The van der Waals surface area contributed by atoms with Crippen LogP contribution in [0.4, 0.5) is 16.0 Å². The van der Waals surface area contributed by atoms with Gasteiger partial charge in [-0.2, -0.15) is 4.98 Å². The van der Waals surface area contributed by atoms with Crippen LogP contribution in [0.2, 0.25) is 0 Å². The molecule has 0 aliphatic rings. The van der Waals surface area contributed by atoms with E-state index in [1.165, 1.54) is 12.3 Å². The lowest BCUT2D eigenvalue weighted by Gasteiger charge is -2.05. The highest BCUT2D eigenvalue weighted by molar-refractivity contribution is 5.39. The Balaban J connectivity index is 2.27. The molecule has 0 spiro atoms. The lowest BCUT2D eigenvalue weighted by molar-refractivity contribution is -0.385. The highest BCUT2D eigenvalue weighted by atomic mass is 19.1. The maximum atomic E-state index is 13.5. The molecule has 0 amide bonds. The van der Waals surface area contributed by atoms with Crippen LogP contribution in [-0.2, 0) is 0 Å². The molecule has 1 aromatic heterocycles. The molecule has 7 nitrogen and oxygen atoms in total. The van der Waals surface area contributed by atoms with Crippen LogP contribution in [0, 0.1) is 15.9 Å². The van der Waals surface area contributed by atoms with Gasteiger partial charge in [0.05, 0.1) is 11.0 Å². The maximum absolute atomic E-state index is 13.5. The van der Waals surface area contributed by atoms with Crippen molar-refractivity contribution in [3.8, 4) is 11.6 Å². The molecule has 0 bridgehead atoms. The standard InChI is InChI=1S/C10H7FN4O3/c11-7-5-6(15(16)17)1-2-8(7)18-9-3-4-13-10(12)14-9/h1-5H,(H2,12,13,14). The smallest absolute Gasteiger partial charge is 0.272 e. The van der Waals surface area contributed by atoms with Crippen molar-refractivity contribution in [3.05, 3.63) is 46.4 Å². The Labute approximate surface area is 100 Å². The summed E-state index contributed by atoms with van der Waals surface area (Å²) in [6.45, 7) is 0. The molecule has 2 N–H and O–H groups in total. The second-order valence-corrected chi connectivity index (χ2v) is 3.23. The molecule has 18 heavy (non-hydrogen) atoms. The van der Waals surface area contributed by atoms with Gasteiger partial charge >= 0.3 is 0 Å². The van der Waals surface area contributed by atoms with Gasteiger partial charge in [-0.15, -0.1) is 0 Å². The number of halogens is 1. The van der Waals surface area contributed by atoms with E-state index in [9.17, 15) is 14.5 Å². The highest BCUT2D eigenvalue weighted by Gasteiger charge is 2.12. The number of nitro benzene ring substituents is 1. The summed E-state index contributed by atoms with van der Waals surface area (Å²) in [5, 5.41) is 10.4. The Kier molecular flexibility index (Phi) is 3.00. The number of nitrogens with zero attached hydrogens (tertiary/aromatic N) is 3. The normalized spacial score (nSPS) is 10.1. The molecular weight excluding hydrogens is 243 g/mol. The number of benzene rings is 1. The lowest BCUT2D eigenvalue weighted by atomic mass is 10.3. The number of nitrogens with two attached hydrogens (primary N) is 1. The van der Waals surface area contributed by atoms with Crippen molar-refractivity contribution in [1.29, 1.82) is 0 Å². The molecular formula is C10H7FN4O3. The van der Waals surface area contributed by atoms with Crippen LogP contribution in [-0.4, -0.2) is 14.9 Å². The first-order valence-electron chi connectivity index (χ1n) is 4.76. The van der Waals surface area contributed by atoms with E-state index in [0.29, 0.717) is 0 Å². The van der Waals surface area contributed by atoms with Crippen molar-refractivity contribution in [2.75, 3.05) is 5.73 Å². The fourth-order valence-electron chi connectivity index (χ4n) is 1.21. The van der Waals surface area contributed by atoms with Crippen LogP contribution >= 0.6 is 0 Å². The van der Waals surface area contributed by atoms with Crippen LogP contribution in [0.3, 0.4) is 0 Å². The maximum Gasteiger partial charge on any atom is 0.272 e.